The maximum Gasteiger partial charge on any atom is 0.258 e. The zero-order valence-corrected chi connectivity index (χ0v) is 12.5. The number of ether oxygens (including phenoxy) is 2. The molecule has 1 amide bonds. The van der Waals surface area contributed by atoms with Gasteiger partial charge in [0.2, 0.25) is 0 Å². The molecular formula is C15H23NO4. The van der Waals surface area contributed by atoms with E-state index >= 15 is 0 Å². The van der Waals surface area contributed by atoms with Crippen LogP contribution in [0.1, 0.15) is 30.6 Å². The van der Waals surface area contributed by atoms with Gasteiger partial charge in [0.15, 0.2) is 11.5 Å². The molecule has 0 aromatic heterocycles. The van der Waals surface area contributed by atoms with E-state index in [4.69, 9.17) is 9.47 Å². The summed E-state index contributed by atoms with van der Waals surface area (Å²) in [6.07, 6.45) is 0.834. The Bertz CT molecular complexity index is 447. The molecule has 1 unspecified atom stereocenters. The van der Waals surface area contributed by atoms with Crippen molar-refractivity contribution < 1.29 is 19.4 Å². The number of phenols is 1. The largest absolute Gasteiger partial charge is 0.504 e. The van der Waals surface area contributed by atoms with E-state index in [9.17, 15) is 9.90 Å². The summed E-state index contributed by atoms with van der Waals surface area (Å²) in [4.78, 5) is 14.3. The van der Waals surface area contributed by atoms with E-state index in [0.717, 1.165) is 6.42 Å². The van der Waals surface area contributed by atoms with Gasteiger partial charge in [0, 0.05) is 19.7 Å². The Labute approximate surface area is 120 Å². The summed E-state index contributed by atoms with van der Waals surface area (Å²) in [5, 5.41) is 10.1. The Morgan fingerprint density at radius 1 is 1.40 bits per heavy atom. The van der Waals surface area contributed by atoms with Crippen LogP contribution < -0.4 is 4.74 Å². The third kappa shape index (κ3) is 3.63. The summed E-state index contributed by atoms with van der Waals surface area (Å²) < 4.78 is 10.1. The van der Waals surface area contributed by atoms with Gasteiger partial charge in [-0.1, -0.05) is 13.0 Å². The van der Waals surface area contributed by atoms with Crippen molar-refractivity contribution in [3.63, 3.8) is 0 Å². The quantitative estimate of drug-likeness (QED) is 0.833. The van der Waals surface area contributed by atoms with Crippen molar-refractivity contribution in [1.82, 2.24) is 4.90 Å². The predicted octanol–water partition coefficient (Wildman–Crippen LogP) is 2.29. The number of aromatic hydroxyl groups is 1. The van der Waals surface area contributed by atoms with Crippen molar-refractivity contribution in [3.8, 4) is 11.5 Å². The first kappa shape index (κ1) is 16.3. The van der Waals surface area contributed by atoms with Crippen molar-refractivity contribution in [2.75, 3.05) is 27.4 Å². The van der Waals surface area contributed by atoms with Gasteiger partial charge in [0.05, 0.1) is 19.3 Å². The summed E-state index contributed by atoms with van der Waals surface area (Å²) in [5.41, 5.74) is 0.251. The van der Waals surface area contributed by atoms with Crippen LogP contribution >= 0.6 is 0 Å². The van der Waals surface area contributed by atoms with E-state index < -0.39 is 0 Å². The van der Waals surface area contributed by atoms with E-state index in [1.54, 1.807) is 30.2 Å². The number of carbonyl (C=O) groups is 1. The second kappa shape index (κ2) is 7.75. The minimum Gasteiger partial charge on any atom is -0.504 e. The third-order valence-corrected chi connectivity index (χ3v) is 3.37. The van der Waals surface area contributed by atoms with Crippen LogP contribution in [0.25, 0.3) is 0 Å². The number of hydrogen-bond acceptors (Lipinski definition) is 4. The average molecular weight is 281 g/mol. The molecule has 5 heteroatoms. The van der Waals surface area contributed by atoms with Crippen LogP contribution in [0.4, 0.5) is 0 Å². The molecule has 0 saturated heterocycles. The number of carbonyl (C=O) groups excluding carboxylic acids is 1. The number of rotatable bonds is 7. The van der Waals surface area contributed by atoms with Gasteiger partial charge in [0.25, 0.3) is 5.91 Å². The standard InChI is InChI=1S/C15H23NO4/c1-5-11(2)16(9-10-19-3)15(18)12-7-6-8-13(20-4)14(12)17/h6-8,11,17H,5,9-10H2,1-4H3. The molecule has 1 aromatic rings. The molecule has 1 atom stereocenters. The highest BCUT2D eigenvalue weighted by Crippen LogP contribution is 2.30. The predicted molar refractivity (Wildman–Crippen MR) is 77.3 cm³/mol. The van der Waals surface area contributed by atoms with E-state index in [-0.39, 0.29) is 23.3 Å². The van der Waals surface area contributed by atoms with Gasteiger partial charge in [-0.25, -0.2) is 0 Å². The molecule has 1 rings (SSSR count). The minimum absolute atomic E-state index is 0.0725. The monoisotopic (exact) mass is 281 g/mol. The lowest BCUT2D eigenvalue weighted by molar-refractivity contribution is 0.0610. The summed E-state index contributed by atoms with van der Waals surface area (Å²) in [5.74, 6) is -0.0368. The molecular weight excluding hydrogens is 258 g/mol. The second-order valence-electron chi connectivity index (χ2n) is 4.61. The maximum atomic E-state index is 12.6. The molecule has 0 aliphatic rings. The van der Waals surface area contributed by atoms with Gasteiger partial charge in [-0.3, -0.25) is 4.79 Å². The smallest absolute Gasteiger partial charge is 0.258 e. The molecule has 1 aromatic carbocycles. The SMILES string of the molecule is CCC(C)N(CCOC)C(=O)c1cccc(OC)c1O. The molecule has 5 nitrogen and oxygen atoms in total. The summed E-state index contributed by atoms with van der Waals surface area (Å²) in [6, 6.07) is 4.98. The maximum absolute atomic E-state index is 12.6. The first-order valence-electron chi connectivity index (χ1n) is 6.72. The Morgan fingerprint density at radius 3 is 2.65 bits per heavy atom. The molecule has 112 valence electrons. The van der Waals surface area contributed by atoms with E-state index in [1.165, 1.54) is 7.11 Å². The summed E-state index contributed by atoms with van der Waals surface area (Å²) >= 11 is 0. The van der Waals surface area contributed by atoms with Gasteiger partial charge >= 0.3 is 0 Å². The third-order valence-electron chi connectivity index (χ3n) is 3.37. The van der Waals surface area contributed by atoms with E-state index in [1.807, 2.05) is 13.8 Å². The Kier molecular flexibility index (Phi) is 6.31. The Morgan fingerprint density at radius 2 is 2.10 bits per heavy atom. The first-order chi connectivity index (χ1) is 9.56. The lowest BCUT2D eigenvalue weighted by Crippen LogP contribution is -2.40. The van der Waals surface area contributed by atoms with E-state index in [0.29, 0.717) is 18.9 Å². The van der Waals surface area contributed by atoms with Gasteiger partial charge in [-0.15, -0.1) is 0 Å². The second-order valence-corrected chi connectivity index (χ2v) is 4.61. The van der Waals surface area contributed by atoms with Crippen LogP contribution in [0.5, 0.6) is 11.5 Å². The molecule has 0 bridgehead atoms. The summed E-state index contributed by atoms with van der Waals surface area (Å²) in [6.45, 7) is 4.94. The van der Waals surface area contributed by atoms with Crippen LogP contribution in [0.3, 0.4) is 0 Å². The van der Waals surface area contributed by atoms with Crippen LogP contribution in [0.15, 0.2) is 18.2 Å². The first-order valence-corrected chi connectivity index (χ1v) is 6.72. The molecule has 1 N–H and O–H groups in total. The molecule has 0 aliphatic heterocycles. The number of benzene rings is 1. The van der Waals surface area contributed by atoms with E-state index in [2.05, 4.69) is 0 Å². The van der Waals surface area contributed by atoms with Gasteiger partial charge in [-0.05, 0) is 25.5 Å². The molecule has 0 radical (unpaired) electrons. The molecule has 0 spiro atoms. The molecule has 0 saturated carbocycles. The van der Waals surface area contributed by atoms with Crippen molar-refractivity contribution in [1.29, 1.82) is 0 Å². The van der Waals surface area contributed by atoms with Crippen molar-refractivity contribution in [2.45, 2.75) is 26.3 Å². The van der Waals surface area contributed by atoms with Crippen molar-refractivity contribution >= 4 is 5.91 Å². The fourth-order valence-corrected chi connectivity index (χ4v) is 1.95. The fourth-order valence-electron chi connectivity index (χ4n) is 1.95. The van der Waals surface area contributed by atoms with Crippen LogP contribution in [0.2, 0.25) is 0 Å². The van der Waals surface area contributed by atoms with Crippen LogP contribution in [0, 0.1) is 0 Å². The fraction of sp³-hybridized carbons (Fsp3) is 0.533. The number of hydrogen-bond donors (Lipinski definition) is 1. The highest BCUT2D eigenvalue weighted by Gasteiger charge is 2.23. The average Bonchev–Trinajstić information content (AvgIpc) is 2.47. The number of methoxy groups -OCH3 is 2. The molecule has 0 aliphatic carbocycles. The van der Waals surface area contributed by atoms with Crippen LogP contribution in [-0.2, 0) is 4.74 Å². The Balaban J connectivity index is 3.05. The summed E-state index contributed by atoms with van der Waals surface area (Å²) in [7, 11) is 3.06. The number of phenolic OH excluding ortho intramolecular Hbond substituents is 1. The number of amides is 1. The molecule has 20 heavy (non-hydrogen) atoms. The highest BCUT2D eigenvalue weighted by molar-refractivity contribution is 5.97. The highest BCUT2D eigenvalue weighted by atomic mass is 16.5. The van der Waals surface area contributed by atoms with Crippen LogP contribution in [-0.4, -0.2) is 49.3 Å². The van der Waals surface area contributed by atoms with Gasteiger partial charge in [-0.2, -0.15) is 0 Å². The topological polar surface area (TPSA) is 59.0 Å². The van der Waals surface area contributed by atoms with Crippen molar-refractivity contribution in [2.24, 2.45) is 0 Å². The van der Waals surface area contributed by atoms with Gasteiger partial charge < -0.3 is 19.5 Å². The van der Waals surface area contributed by atoms with Crippen molar-refractivity contribution in [3.05, 3.63) is 23.8 Å². The van der Waals surface area contributed by atoms with Gasteiger partial charge in [0.1, 0.15) is 0 Å². The zero-order valence-electron chi connectivity index (χ0n) is 12.5. The number of nitrogens with zero attached hydrogens (tertiary/aromatic N) is 1. The molecule has 0 fully saturated rings. The normalized spacial score (nSPS) is 12.0. The zero-order chi connectivity index (χ0) is 15.1. The lowest BCUT2D eigenvalue weighted by atomic mass is 10.1. The Hall–Kier alpha value is -1.75. The lowest BCUT2D eigenvalue weighted by Gasteiger charge is -2.28. The molecule has 0 heterocycles. The minimum atomic E-state index is -0.215. The number of para-hydroxylation sites is 1.